The van der Waals surface area contributed by atoms with E-state index in [4.69, 9.17) is 18.7 Å². The minimum Gasteiger partial charge on any atom is -0.440 e. The van der Waals surface area contributed by atoms with Crippen LogP contribution >= 0.6 is 0 Å². The molecule has 1 aliphatic heterocycles. The SMILES string of the molecule is c1cc(NCC23CCC(c4nc(C5CC5)no4)(CC2)C3)cc(-c2cnc(C3CCOCC3)o2)c1. The molecule has 2 bridgehead atoms. The van der Waals surface area contributed by atoms with E-state index in [0.717, 1.165) is 86.5 Å². The summed E-state index contributed by atoms with van der Waals surface area (Å²) in [5, 5.41) is 8.04. The number of hydrogen-bond donors (Lipinski definition) is 1. The molecule has 0 spiro atoms. The zero-order valence-corrected chi connectivity index (χ0v) is 19.6. The molecule has 4 fully saturated rings. The van der Waals surface area contributed by atoms with E-state index in [1.54, 1.807) is 0 Å². The Labute approximate surface area is 199 Å². The molecule has 1 saturated heterocycles. The van der Waals surface area contributed by atoms with Crippen LogP contribution in [0.4, 0.5) is 5.69 Å². The topological polar surface area (TPSA) is 86.2 Å². The summed E-state index contributed by atoms with van der Waals surface area (Å²) >= 11 is 0. The third-order valence-electron chi connectivity index (χ3n) is 8.73. The lowest BCUT2D eigenvalue weighted by Gasteiger charge is -2.27. The highest BCUT2D eigenvalue weighted by Gasteiger charge is 2.57. The van der Waals surface area contributed by atoms with Crippen molar-refractivity contribution in [3.63, 3.8) is 0 Å². The zero-order valence-electron chi connectivity index (χ0n) is 19.6. The molecule has 34 heavy (non-hydrogen) atoms. The molecular formula is C27H32N4O3. The van der Waals surface area contributed by atoms with Crippen LogP contribution in [-0.4, -0.2) is 34.9 Å². The van der Waals surface area contributed by atoms with Crippen molar-refractivity contribution in [2.45, 2.75) is 75.0 Å². The van der Waals surface area contributed by atoms with Gasteiger partial charge >= 0.3 is 0 Å². The average Bonchev–Trinajstić information content (AvgIpc) is 3.30. The molecule has 0 amide bonds. The van der Waals surface area contributed by atoms with Gasteiger partial charge in [0.25, 0.3) is 0 Å². The summed E-state index contributed by atoms with van der Waals surface area (Å²) in [4.78, 5) is 9.41. The molecule has 7 heteroatoms. The molecule has 0 atom stereocenters. The van der Waals surface area contributed by atoms with Crippen LogP contribution in [0, 0.1) is 5.41 Å². The van der Waals surface area contributed by atoms with Crippen molar-refractivity contribution < 1.29 is 13.7 Å². The number of oxazole rings is 1. The van der Waals surface area contributed by atoms with E-state index < -0.39 is 0 Å². The van der Waals surface area contributed by atoms with Crippen molar-refractivity contribution in [3.8, 4) is 11.3 Å². The largest absolute Gasteiger partial charge is 0.440 e. The van der Waals surface area contributed by atoms with Gasteiger partial charge in [-0.05, 0) is 75.3 Å². The van der Waals surface area contributed by atoms with Gasteiger partial charge in [0.15, 0.2) is 17.5 Å². The monoisotopic (exact) mass is 460 g/mol. The number of anilines is 1. The Balaban J connectivity index is 1.02. The summed E-state index contributed by atoms with van der Waals surface area (Å²) in [7, 11) is 0. The van der Waals surface area contributed by atoms with Gasteiger partial charge < -0.3 is 19.0 Å². The van der Waals surface area contributed by atoms with Gasteiger partial charge in [-0.1, -0.05) is 17.3 Å². The smallest absolute Gasteiger partial charge is 0.232 e. The van der Waals surface area contributed by atoms with Crippen LogP contribution in [0.5, 0.6) is 0 Å². The van der Waals surface area contributed by atoms with E-state index in [9.17, 15) is 0 Å². The fourth-order valence-electron chi connectivity index (χ4n) is 6.44. The van der Waals surface area contributed by atoms with Gasteiger partial charge in [-0.3, -0.25) is 0 Å². The summed E-state index contributed by atoms with van der Waals surface area (Å²) in [5.41, 5.74) is 2.62. The average molecular weight is 461 g/mol. The maximum absolute atomic E-state index is 6.16. The van der Waals surface area contributed by atoms with Crippen LogP contribution in [0.3, 0.4) is 0 Å². The van der Waals surface area contributed by atoms with Crippen LogP contribution < -0.4 is 5.32 Å². The lowest BCUT2D eigenvalue weighted by Crippen LogP contribution is -2.24. The van der Waals surface area contributed by atoms with Gasteiger partial charge in [-0.15, -0.1) is 0 Å². The number of fused-ring (bicyclic) bond motifs is 2. The van der Waals surface area contributed by atoms with Gasteiger partial charge in [-0.2, -0.15) is 4.98 Å². The fraction of sp³-hybridized carbons (Fsp3) is 0.593. The summed E-state index contributed by atoms with van der Waals surface area (Å²) in [6, 6.07) is 8.52. The number of ether oxygens (including phenoxy) is 1. The Hall–Kier alpha value is -2.67. The maximum atomic E-state index is 6.16. The summed E-state index contributed by atoms with van der Waals surface area (Å²) < 4.78 is 17.4. The number of aromatic nitrogens is 3. The predicted octanol–water partition coefficient (Wildman–Crippen LogP) is 5.81. The van der Waals surface area contributed by atoms with E-state index in [2.05, 4.69) is 39.7 Å². The number of hydrogen-bond acceptors (Lipinski definition) is 7. The van der Waals surface area contributed by atoms with E-state index in [-0.39, 0.29) is 5.41 Å². The van der Waals surface area contributed by atoms with Crippen molar-refractivity contribution in [1.29, 1.82) is 0 Å². The molecule has 7 nitrogen and oxygen atoms in total. The molecule has 3 heterocycles. The van der Waals surface area contributed by atoms with E-state index in [1.165, 1.54) is 25.7 Å². The molecule has 7 rings (SSSR count). The van der Waals surface area contributed by atoms with Gasteiger partial charge in [0.1, 0.15) is 0 Å². The number of benzene rings is 1. The maximum Gasteiger partial charge on any atom is 0.232 e. The molecule has 0 unspecified atom stereocenters. The lowest BCUT2D eigenvalue weighted by molar-refractivity contribution is 0.0796. The summed E-state index contributed by atoms with van der Waals surface area (Å²) in [6.45, 7) is 2.56. The summed E-state index contributed by atoms with van der Waals surface area (Å²) in [6.07, 6.45) is 12.2. The minimum absolute atomic E-state index is 0.101. The lowest BCUT2D eigenvalue weighted by atomic mass is 9.82. The van der Waals surface area contributed by atoms with Crippen LogP contribution in [0.2, 0.25) is 0 Å². The molecule has 1 N–H and O–H groups in total. The van der Waals surface area contributed by atoms with Crippen molar-refractivity contribution in [2.24, 2.45) is 5.41 Å². The van der Waals surface area contributed by atoms with Crippen molar-refractivity contribution >= 4 is 5.69 Å². The Morgan fingerprint density at radius 3 is 2.68 bits per heavy atom. The molecule has 3 aliphatic carbocycles. The standard InChI is InChI=1S/C27H32N4O3/c1-2-20(22-15-28-24(33-22)19-6-12-32-13-7-19)14-21(3-1)29-17-26-8-10-27(16-26,11-9-26)25-30-23(31-34-25)18-4-5-18/h1-3,14-15,18-19,29H,4-13,16-17H2. The van der Waals surface area contributed by atoms with Crippen LogP contribution in [0.15, 0.2) is 39.4 Å². The van der Waals surface area contributed by atoms with Gasteiger partial charge in [0.05, 0.1) is 11.6 Å². The minimum atomic E-state index is 0.101. The normalized spacial score (nSPS) is 29.1. The molecule has 3 saturated carbocycles. The van der Waals surface area contributed by atoms with Gasteiger partial charge in [-0.25, -0.2) is 4.98 Å². The van der Waals surface area contributed by atoms with E-state index >= 15 is 0 Å². The Kier molecular flexibility index (Phi) is 4.83. The van der Waals surface area contributed by atoms with Crippen molar-refractivity contribution in [2.75, 3.05) is 25.1 Å². The third kappa shape index (κ3) is 3.65. The second kappa shape index (κ2) is 7.94. The number of nitrogens with one attached hydrogen (secondary N) is 1. The van der Waals surface area contributed by atoms with Gasteiger partial charge in [0, 0.05) is 42.8 Å². The predicted molar refractivity (Wildman–Crippen MR) is 127 cm³/mol. The van der Waals surface area contributed by atoms with E-state index in [0.29, 0.717) is 17.3 Å². The first-order chi connectivity index (χ1) is 16.7. The molecule has 0 radical (unpaired) electrons. The summed E-state index contributed by atoms with van der Waals surface area (Å²) in [5.74, 6) is 4.44. The van der Waals surface area contributed by atoms with Crippen LogP contribution in [0.25, 0.3) is 11.3 Å². The molecule has 3 aromatic rings. The molecule has 178 valence electrons. The first-order valence-corrected chi connectivity index (χ1v) is 12.9. The third-order valence-corrected chi connectivity index (χ3v) is 8.73. The fourth-order valence-corrected chi connectivity index (χ4v) is 6.44. The first kappa shape index (κ1) is 20.7. The second-order valence-corrected chi connectivity index (χ2v) is 11.1. The second-order valence-electron chi connectivity index (χ2n) is 11.1. The molecule has 2 aromatic heterocycles. The van der Waals surface area contributed by atoms with E-state index in [1.807, 2.05) is 6.20 Å². The first-order valence-electron chi connectivity index (χ1n) is 12.9. The highest BCUT2D eigenvalue weighted by atomic mass is 16.5. The highest BCUT2D eigenvalue weighted by Crippen LogP contribution is 2.62. The van der Waals surface area contributed by atoms with Crippen LogP contribution in [0.1, 0.15) is 87.2 Å². The van der Waals surface area contributed by atoms with Gasteiger partial charge in [0.2, 0.25) is 5.89 Å². The number of rotatable bonds is 7. The zero-order chi connectivity index (χ0) is 22.6. The molecule has 1 aromatic carbocycles. The van der Waals surface area contributed by atoms with Crippen molar-refractivity contribution in [1.82, 2.24) is 15.1 Å². The molecular weight excluding hydrogens is 428 g/mol. The quantitative estimate of drug-likeness (QED) is 0.476. The molecule has 4 aliphatic rings. The van der Waals surface area contributed by atoms with Crippen molar-refractivity contribution in [3.05, 3.63) is 48.1 Å². The number of nitrogens with zero attached hydrogens (tertiary/aromatic N) is 3. The Morgan fingerprint density at radius 1 is 1.00 bits per heavy atom. The Morgan fingerprint density at radius 2 is 1.85 bits per heavy atom. The Bertz CT molecular complexity index is 1170. The highest BCUT2D eigenvalue weighted by molar-refractivity contribution is 5.63. The van der Waals surface area contributed by atoms with Crippen LogP contribution in [-0.2, 0) is 10.2 Å².